The maximum Gasteiger partial charge on any atom is 0.277 e. The summed E-state index contributed by atoms with van der Waals surface area (Å²) in [6.45, 7) is 5.97. The largest absolute Gasteiger partial charge is 0.416 e. The van der Waals surface area contributed by atoms with Crippen LogP contribution in [0.3, 0.4) is 0 Å². The Bertz CT molecular complexity index is 561. The van der Waals surface area contributed by atoms with E-state index in [0.717, 1.165) is 5.56 Å². The molecule has 0 saturated carbocycles. The number of carbonyl (C=O) groups is 1. The van der Waals surface area contributed by atoms with E-state index in [4.69, 9.17) is 4.42 Å². The van der Waals surface area contributed by atoms with Crippen molar-refractivity contribution >= 4 is 17.5 Å². The van der Waals surface area contributed by atoms with Gasteiger partial charge in [0.05, 0.1) is 5.75 Å². The van der Waals surface area contributed by atoms with E-state index < -0.39 is 0 Å². The monoisotopic (exact) mass is 276 g/mol. The molecule has 1 aromatic carbocycles. The van der Waals surface area contributed by atoms with Gasteiger partial charge in [-0.1, -0.05) is 55.4 Å². The Balaban J connectivity index is 1.94. The number of benzene rings is 1. The van der Waals surface area contributed by atoms with Crippen molar-refractivity contribution in [2.24, 2.45) is 0 Å². The van der Waals surface area contributed by atoms with E-state index in [-0.39, 0.29) is 11.7 Å². The van der Waals surface area contributed by atoms with Crippen LogP contribution in [-0.2, 0) is 0 Å². The van der Waals surface area contributed by atoms with Gasteiger partial charge in [0.1, 0.15) is 0 Å². The van der Waals surface area contributed by atoms with Gasteiger partial charge >= 0.3 is 0 Å². The Morgan fingerprint density at radius 2 is 1.95 bits per heavy atom. The summed E-state index contributed by atoms with van der Waals surface area (Å²) in [5, 5.41) is 8.29. The molecular formula is C14H16N2O2S. The van der Waals surface area contributed by atoms with Gasteiger partial charge in [0, 0.05) is 11.5 Å². The highest BCUT2D eigenvalue weighted by Crippen LogP contribution is 2.21. The van der Waals surface area contributed by atoms with Crippen molar-refractivity contribution in [2.45, 2.75) is 31.9 Å². The quantitative estimate of drug-likeness (QED) is 0.618. The van der Waals surface area contributed by atoms with Crippen molar-refractivity contribution in [1.82, 2.24) is 10.2 Å². The summed E-state index contributed by atoms with van der Waals surface area (Å²) in [6, 6.07) is 7.54. The first-order chi connectivity index (χ1) is 9.06. The molecule has 0 aliphatic carbocycles. The standard InChI is InChI=1S/C14H16N2O2S/c1-9(2)13-15-16-14(18-13)19-8-12(17)11-6-4-10(3)5-7-11/h4-7,9H,8H2,1-3H3. The highest BCUT2D eigenvalue weighted by atomic mass is 32.2. The van der Waals surface area contributed by atoms with Crippen molar-refractivity contribution in [3.63, 3.8) is 0 Å². The van der Waals surface area contributed by atoms with Crippen LogP contribution in [0.2, 0.25) is 0 Å². The molecule has 19 heavy (non-hydrogen) atoms. The lowest BCUT2D eigenvalue weighted by Gasteiger charge is -1.99. The molecule has 0 unspecified atom stereocenters. The molecule has 0 amide bonds. The van der Waals surface area contributed by atoms with Gasteiger partial charge in [-0.05, 0) is 6.92 Å². The summed E-state index contributed by atoms with van der Waals surface area (Å²) >= 11 is 1.28. The number of hydrogen-bond acceptors (Lipinski definition) is 5. The van der Waals surface area contributed by atoms with Crippen molar-refractivity contribution in [3.8, 4) is 0 Å². The number of aryl methyl sites for hydroxylation is 1. The molecule has 0 radical (unpaired) electrons. The van der Waals surface area contributed by atoms with Crippen LogP contribution >= 0.6 is 11.8 Å². The Morgan fingerprint density at radius 3 is 2.53 bits per heavy atom. The van der Waals surface area contributed by atoms with Crippen molar-refractivity contribution in [3.05, 3.63) is 41.3 Å². The zero-order valence-electron chi connectivity index (χ0n) is 11.2. The molecule has 0 atom stereocenters. The maximum absolute atomic E-state index is 12.0. The topological polar surface area (TPSA) is 56.0 Å². The molecule has 4 nitrogen and oxygen atoms in total. The van der Waals surface area contributed by atoms with Gasteiger partial charge in [-0.3, -0.25) is 4.79 Å². The molecule has 0 bridgehead atoms. The summed E-state index contributed by atoms with van der Waals surface area (Å²) in [5.74, 6) is 1.18. The number of carbonyl (C=O) groups excluding carboxylic acids is 1. The molecule has 2 aromatic rings. The average molecular weight is 276 g/mol. The first-order valence-electron chi connectivity index (χ1n) is 6.12. The van der Waals surface area contributed by atoms with Crippen LogP contribution in [0.15, 0.2) is 33.9 Å². The summed E-state index contributed by atoms with van der Waals surface area (Å²) in [7, 11) is 0. The van der Waals surface area contributed by atoms with Gasteiger partial charge in [0.15, 0.2) is 5.78 Å². The fraction of sp³-hybridized carbons (Fsp3) is 0.357. The Hall–Kier alpha value is -1.62. The van der Waals surface area contributed by atoms with E-state index in [2.05, 4.69) is 10.2 Å². The number of hydrogen-bond donors (Lipinski definition) is 0. The minimum atomic E-state index is 0.0642. The van der Waals surface area contributed by atoms with E-state index in [9.17, 15) is 4.79 Å². The number of nitrogens with zero attached hydrogens (tertiary/aromatic N) is 2. The van der Waals surface area contributed by atoms with Crippen LogP contribution in [0.25, 0.3) is 0 Å². The third-order valence-corrected chi connectivity index (χ3v) is 3.43. The third kappa shape index (κ3) is 3.67. The molecule has 0 aliphatic rings. The Labute approximate surface area is 116 Å². The van der Waals surface area contributed by atoms with E-state index >= 15 is 0 Å². The van der Waals surface area contributed by atoms with Gasteiger partial charge in [-0.15, -0.1) is 10.2 Å². The fourth-order valence-corrected chi connectivity index (χ4v) is 2.13. The molecule has 1 aromatic heterocycles. The van der Waals surface area contributed by atoms with Crippen molar-refractivity contribution in [2.75, 3.05) is 5.75 Å². The summed E-state index contributed by atoms with van der Waals surface area (Å²) in [6.07, 6.45) is 0. The number of rotatable bonds is 5. The zero-order chi connectivity index (χ0) is 13.8. The van der Waals surface area contributed by atoms with Crippen LogP contribution in [0.1, 0.15) is 41.6 Å². The average Bonchev–Trinajstić information content (AvgIpc) is 2.86. The smallest absolute Gasteiger partial charge is 0.277 e. The predicted octanol–water partition coefficient (Wildman–Crippen LogP) is 3.48. The number of ketones is 1. The lowest BCUT2D eigenvalue weighted by atomic mass is 10.1. The molecule has 0 N–H and O–H groups in total. The first-order valence-corrected chi connectivity index (χ1v) is 7.11. The molecule has 100 valence electrons. The van der Waals surface area contributed by atoms with Crippen LogP contribution < -0.4 is 0 Å². The lowest BCUT2D eigenvalue weighted by molar-refractivity contribution is 0.102. The van der Waals surface area contributed by atoms with Crippen molar-refractivity contribution in [1.29, 1.82) is 0 Å². The number of aromatic nitrogens is 2. The Morgan fingerprint density at radius 1 is 1.26 bits per heavy atom. The lowest BCUT2D eigenvalue weighted by Crippen LogP contribution is -2.02. The molecule has 1 heterocycles. The SMILES string of the molecule is Cc1ccc(C(=O)CSc2nnc(C(C)C)o2)cc1. The normalized spacial score (nSPS) is 10.9. The second-order valence-electron chi connectivity index (χ2n) is 4.64. The number of Topliss-reactive ketones (excluding diaryl/α,β-unsaturated/α-hetero) is 1. The van der Waals surface area contributed by atoms with Crippen LogP contribution in [-0.4, -0.2) is 21.7 Å². The highest BCUT2D eigenvalue weighted by Gasteiger charge is 2.12. The molecular weight excluding hydrogens is 260 g/mol. The zero-order valence-corrected chi connectivity index (χ0v) is 12.0. The van der Waals surface area contributed by atoms with Gasteiger partial charge in [-0.25, -0.2) is 0 Å². The van der Waals surface area contributed by atoms with Crippen LogP contribution in [0.4, 0.5) is 0 Å². The minimum Gasteiger partial charge on any atom is -0.416 e. The third-order valence-electron chi connectivity index (χ3n) is 2.62. The van der Waals surface area contributed by atoms with Crippen LogP contribution in [0.5, 0.6) is 0 Å². The minimum absolute atomic E-state index is 0.0642. The molecule has 0 saturated heterocycles. The van der Waals surface area contributed by atoms with E-state index in [1.54, 1.807) is 0 Å². The highest BCUT2D eigenvalue weighted by molar-refractivity contribution is 7.99. The first kappa shape index (κ1) is 13.8. The van der Waals surface area contributed by atoms with Gasteiger partial charge in [-0.2, -0.15) is 0 Å². The van der Waals surface area contributed by atoms with Gasteiger partial charge in [0.25, 0.3) is 5.22 Å². The second kappa shape index (κ2) is 6.02. The van der Waals surface area contributed by atoms with Crippen LogP contribution in [0, 0.1) is 6.92 Å². The van der Waals surface area contributed by atoms with E-state index in [0.29, 0.717) is 22.4 Å². The fourth-order valence-electron chi connectivity index (χ4n) is 1.46. The van der Waals surface area contributed by atoms with E-state index in [1.807, 2.05) is 45.0 Å². The van der Waals surface area contributed by atoms with Gasteiger partial charge < -0.3 is 4.42 Å². The molecule has 5 heteroatoms. The van der Waals surface area contributed by atoms with E-state index in [1.165, 1.54) is 11.8 Å². The summed E-state index contributed by atoms with van der Waals surface area (Å²) in [5.41, 5.74) is 1.85. The molecule has 0 spiro atoms. The molecule has 2 rings (SSSR count). The predicted molar refractivity (Wildman–Crippen MR) is 74.6 cm³/mol. The maximum atomic E-state index is 12.0. The summed E-state index contributed by atoms with van der Waals surface area (Å²) < 4.78 is 5.44. The number of thioether (sulfide) groups is 1. The molecule has 0 aliphatic heterocycles. The second-order valence-corrected chi connectivity index (χ2v) is 5.57. The van der Waals surface area contributed by atoms with Gasteiger partial charge in [0.2, 0.25) is 5.89 Å². The molecule has 0 fully saturated rings. The Kier molecular flexibility index (Phi) is 4.37. The van der Waals surface area contributed by atoms with Crippen molar-refractivity contribution < 1.29 is 9.21 Å². The summed E-state index contributed by atoms with van der Waals surface area (Å²) in [4.78, 5) is 12.0.